The summed E-state index contributed by atoms with van der Waals surface area (Å²) in [6, 6.07) is 8.12. The molecule has 1 aromatic carbocycles. The molecule has 0 aliphatic heterocycles. The highest BCUT2D eigenvalue weighted by Crippen LogP contribution is 2.20. The van der Waals surface area contributed by atoms with Crippen LogP contribution in [0.4, 0.5) is 0 Å². The highest BCUT2D eigenvalue weighted by Gasteiger charge is 2.10. The summed E-state index contributed by atoms with van der Waals surface area (Å²) in [5.41, 5.74) is 3.27. The van der Waals surface area contributed by atoms with Crippen molar-refractivity contribution in [2.75, 3.05) is 0 Å². The highest BCUT2D eigenvalue weighted by atomic mass is 35.5. The normalized spacial score (nSPS) is 11.4. The molecule has 0 aliphatic carbocycles. The number of nitrogens with one attached hydrogen (secondary N) is 1. The fraction of sp³-hybridized carbons (Fsp3) is 0.0769. The molecule has 98 valence electrons. The minimum absolute atomic E-state index is 0.274. The number of carbonyl (C=O) groups excluding carboxylic acids is 1. The van der Waals surface area contributed by atoms with E-state index in [9.17, 15) is 4.79 Å². The zero-order valence-electron chi connectivity index (χ0n) is 9.98. The number of furan rings is 1. The standard InChI is InChI=1S/C13H10Cl2N2O2/c1-8(12-3-2-6-19-12)16-17-13(18)10-5-4-9(14)7-11(10)15/h2-7H,1H3,(H,17,18)/b16-8+. The summed E-state index contributed by atoms with van der Waals surface area (Å²) in [4.78, 5) is 11.9. The number of halogens is 2. The van der Waals surface area contributed by atoms with E-state index in [0.29, 0.717) is 22.1 Å². The summed E-state index contributed by atoms with van der Waals surface area (Å²) in [5.74, 6) is 0.176. The van der Waals surface area contributed by atoms with Crippen molar-refractivity contribution >= 4 is 34.8 Å². The third-order valence-electron chi connectivity index (χ3n) is 2.38. The van der Waals surface area contributed by atoms with Crippen LogP contribution in [0.3, 0.4) is 0 Å². The van der Waals surface area contributed by atoms with E-state index in [1.54, 1.807) is 25.1 Å². The Balaban J connectivity index is 2.11. The van der Waals surface area contributed by atoms with E-state index < -0.39 is 5.91 Å². The van der Waals surface area contributed by atoms with Gasteiger partial charge in [-0.05, 0) is 37.3 Å². The molecule has 6 heteroatoms. The minimum atomic E-state index is -0.410. The summed E-state index contributed by atoms with van der Waals surface area (Å²) < 4.78 is 5.15. The van der Waals surface area contributed by atoms with Gasteiger partial charge in [0.15, 0.2) is 0 Å². The molecule has 0 radical (unpaired) electrons. The number of benzene rings is 1. The van der Waals surface area contributed by atoms with Crippen LogP contribution in [0.15, 0.2) is 46.1 Å². The highest BCUT2D eigenvalue weighted by molar-refractivity contribution is 6.36. The lowest BCUT2D eigenvalue weighted by Crippen LogP contribution is -2.19. The largest absolute Gasteiger partial charge is 0.463 e. The van der Waals surface area contributed by atoms with Crippen LogP contribution in [0.25, 0.3) is 0 Å². The third-order valence-corrected chi connectivity index (χ3v) is 2.93. The average Bonchev–Trinajstić information content (AvgIpc) is 2.89. The second-order valence-electron chi connectivity index (χ2n) is 3.74. The SMILES string of the molecule is C/C(=N\NC(=O)c1ccc(Cl)cc1Cl)c1ccco1. The maximum Gasteiger partial charge on any atom is 0.272 e. The molecule has 1 N–H and O–H groups in total. The molecule has 0 saturated carbocycles. The van der Waals surface area contributed by atoms with Crippen LogP contribution in [0.1, 0.15) is 23.0 Å². The van der Waals surface area contributed by atoms with Gasteiger partial charge in [0, 0.05) is 5.02 Å². The first-order chi connectivity index (χ1) is 9.08. The Bertz CT molecular complexity index is 622. The molecule has 1 amide bonds. The maximum absolute atomic E-state index is 11.9. The Morgan fingerprint density at radius 2 is 2.11 bits per heavy atom. The molecule has 2 rings (SSSR count). The molecule has 0 aliphatic rings. The smallest absolute Gasteiger partial charge is 0.272 e. The Kier molecular flexibility index (Phi) is 4.24. The molecule has 0 atom stereocenters. The van der Waals surface area contributed by atoms with Gasteiger partial charge in [-0.2, -0.15) is 5.10 Å². The molecular weight excluding hydrogens is 287 g/mol. The lowest BCUT2D eigenvalue weighted by Gasteiger charge is -2.03. The number of hydrogen-bond donors (Lipinski definition) is 1. The molecule has 0 bridgehead atoms. The van der Waals surface area contributed by atoms with Crippen molar-refractivity contribution in [2.45, 2.75) is 6.92 Å². The van der Waals surface area contributed by atoms with Gasteiger partial charge in [-0.3, -0.25) is 4.79 Å². The molecular formula is C13H10Cl2N2O2. The topological polar surface area (TPSA) is 54.6 Å². The molecule has 0 saturated heterocycles. The molecule has 1 heterocycles. The summed E-state index contributed by atoms with van der Waals surface area (Å²) in [7, 11) is 0. The fourth-order valence-electron chi connectivity index (χ4n) is 1.41. The van der Waals surface area contributed by atoms with Crippen molar-refractivity contribution in [3.63, 3.8) is 0 Å². The van der Waals surface area contributed by atoms with Crippen LogP contribution in [0.2, 0.25) is 10.0 Å². The van der Waals surface area contributed by atoms with Gasteiger partial charge in [0.05, 0.1) is 16.8 Å². The Hall–Kier alpha value is -1.78. The van der Waals surface area contributed by atoms with Crippen molar-refractivity contribution < 1.29 is 9.21 Å². The van der Waals surface area contributed by atoms with Gasteiger partial charge in [0.2, 0.25) is 0 Å². The van der Waals surface area contributed by atoms with Gasteiger partial charge in [0.1, 0.15) is 11.5 Å². The summed E-state index contributed by atoms with van der Waals surface area (Å²) in [6.07, 6.45) is 1.53. The third kappa shape index (κ3) is 3.36. The molecule has 4 nitrogen and oxygen atoms in total. The van der Waals surface area contributed by atoms with Crippen LogP contribution in [-0.4, -0.2) is 11.6 Å². The predicted molar refractivity (Wildman–Crippen MR) is 74.8 cm³/mol. The number of amides is 1. The first kappa shape index (κ1) is 13.6. The molecule has 2 aromatic rings. The number of rotatable bonds is 3. The molecule has 1 aromatic heterocycles. The van der Waals surface area contributed by atoms with Crippen molar-refractivity contribution in [3.8, 4) is 0 Å². The summed E-state index contributed by atoms with van der Waals surface area (Å²) >= 11 is 11.7. The van der Waals surface area contributed by atoms with Gasteiger partial charge >= 0.3 is 0 Å². The van der Waals surface area contributed by atoms with Gasteiger partial charge in [0.25, 0.3) is 5.91 Å². The Morgan fingerprint density at radius 3 is 2.74 bits per heavy atom. The van der Waals surface area contributed by atoms with Crippen LogP contribution in [0.5, 0.6) is 0 Å². The summed E-state index contributed by atoms with van der Waals surface area (Å²) in [6.45, 7) is 1.72. The van der Waals surface area contributed by atoms with Gasteiger partial charge in [-0.15, -0.1) is 0 Å². The second-order valence-corrected chi connectivity index (χ2v) is 4.58. The van der Waals surface area contributed by atoms with Crippen molar-refractivity contribution in [2.24, 2.45) is 5.10 Å². The van der Waals surface area contributed by atoms with E-state index in [1.165, 1.54) is 18.4 Å². The maximum atomic E-state index is 11.9. The van der Waals surface area contributed by atoms with Gasteiger partial charge in [-0.1, -0.05) is 23.2 Å². The zero-order valence-corrected chi connectivity index (χ0v) is 11.5. The van der Waals surface area contributed by atoms with E-state index in [1.807, 2.05) is 0 Å². The quantitative estimate of drug-likeness (QED) is 0.693. The molecule has 0 fully saturated rings. The van der Waals surface area contributed by atoms with Crippen molar-refractivity contribution in [3.05, 3.63) is 58.0 Å². The average molecular weight is 297 g/mol. The summed E-state index contributed by atoms with van der Waals surface area (Å²) in [5, 5.41) is 4.68. The number of hydrazone groups is 1. The first-order valence-electron chi connectivity index (χ1n) is 5.41. The monoisotopic (exact) mass is 296 g/mol. The fourth-order valence-corrected chi connectivity index (χ4v) is 1.90. The van der Waals surface area contributed by atoms with E-state index in [4.69, 9.17) is 27.6 Å². The zero-order chi connectivity index (χ0) is 13.8. The molecule has 0 spiro atoms. The van der Waals surface area contributed by atoms with Crippen molar-refractivity contribution in [1.29, 1.82) is 0 Å². The minimum Gasteiger partial charge on any atom is -0.463 e. The Labute approximate surface area is 120 Å². The van der Waals surface area contributed by atoms with E-state index in [0.717, 1.165) is 0 Å². The first-order valence-corrected chi connectivity index (χ1v) is 6.17. The van der Waals surface area contributed by atoms with Crippen LogP contribution in [-0.2, 0) is 0 Å². The molecule has 0 unspecified atom stereocenters. The second kappa shape index (κ2) is 5.91. The predicted octanol–water partition coefficient (Wildman–Crippen LogP) is 3.74. The van der Waals surface area contributed by atoms with Crippen LogP contribution in [0, 0.1) is 0 Å². The van der Waals surface area contributed by atoms with Crippen molar-refractivity contribution in [1.82, 2.24) is 5.43 Å². The lowest BCUT2D eigenvalue weighted by atomic mass is 10.2. The van der Waals surface area contributed by atoms with E-state index >= 15 is 0 Å². The Morgan fingerprint density at radius 1 is 1.32 bits per heavy atom. The van der Waals surface area contributed by atoms with Crippen LogP contribution >= 0.6 is 23.2 Å². The molecule has 19 heavy (non-hydrogen) atoms. The van der Waals surface area contributed by atoms with Gasteiger partial charge < -0.3 is 4.42 Å². The lowest BCUT2D eigenvalue weighted by molar-refractivity contribution is 0.0955. The van der Waals surface area contributed by atoms with E-state index in [-0.39, 0.29) is 5.02 Å². The number of carbonyl (C=O) groups is 1. The van der Waals surface area contributed by atoms with E-state index in [2.05, 4.69) is 10.5 Å². The van der Waals surface area contributed by atoms with Gasteiger partial charge in [-0.25, -0.2) is 5.43 Å². The number of hydrogen-bond acceptors (Lipinski definition) is 3. The van der Waals surface area contributed by atoms with Crippen LogP contribution < -0.4 is 5.43 Å². The number of nitrogens with zero attached hydrogens (tertiary/aromatic N) is 1.